The molecule has 1 heterocycles. The van der Waals surface area contributed by atoms with Crippen molar-refractivity contribution in [1.29, 1.82) is 0 Å². The van der Waals surface area contributed by atoms with Crippen LogP contribution in [0.1, 0.15) is 26.3 Å². The summed E-state index contributed by atoms with van der Waals surface area (Å²) in [5.41, 5.74) is 0.809. The molecule has 0 amide bonds. The van der Waals surface area contributed by atoms with Gasteiger partial charge in [-0.05, 0) is 23.1 Å². The largest absolute Gasteiger partial charge is 0.491 e. The summed E-state index contributed by atoms with van der Waals surface area (Å²) in [4.78, 5) is 12.5. The standard InChI is InChI=1S/C21H24N2O3/c1-21(2,3)18-10-6-7-11-19(18)26-14-16(24)13-23-20(25)17-9-5-4-8-15(17)12-22-23/h4-12,16,24H,13-14H2,1-3H3. The fourth-order valence-electron chi connectivity index (χ4n) is 2.91. The molecule has 0 radical (unpaired) electrons. The van der Waals surface area contributed by atoms with Crippen LogP contribution in [-0.4, -0.2) is 27.6 Å². The molecule has 26 heavy (non-hydrogen) atoms. The zero-order valence-electron chi connectivity index (χ0n) is 15.3. The second kappa shape index (κ2) is 7.30. The van der Waals surface area contributed by atoms with Crippen molar-refractivity contribution in [2.45, 2.75) is 38.8 Å². The highest BCUT2D eigenvalue weighted by Gasteiger charge is 2.19. The zero-order valence-corrected chi connectivity index (χ0v) is 15.3. The Hall–Kier alpha value is -2.66. The van der Waals surface area contributed by atoms with E-state index in [1.165, 1.54) is 4.68 Å². The summed E-state index contributed by atoms with van der Waals surface area (Å²) >= 11 is 0. The highest BCUT2D eigenvalue weighted by atomic mass is 16.5. The molecule has 136 valence electrons. The number of aromatic nitrogens is 2. The van der Waals surface area contributed by atoms with Crippen LogP contribution in [0.3, 0.4) is 0 Å². The molecule has 1 atom stereocenters. The summed E-state index contributed by atoms with van der Waals surface area (Å²) in [5, 5.41) is 15.9. The highest BCUT2D eigenvalue weighted by Crippen LogP contribution is 2.30. The molecule has 3 rings (SSSR count). The van der Waals surface area contributed by atoms with E-state index in [0.717, 1.165) is 16.7 Å². The van der Waals surface area contributed by atoms with Crippen molar-refractivity contribution < 1.29 is 9.84 Å². The number of hydrogen-bond donors (Lipinski definition) is 1. The average Bonchev–Trinajstić information content (AvgIpc) is 2.62. The van der Waals surface area contributed by atoms with Crippen LogP contribution in [0.15, 0.2) is 59.5 Å². The van der Waals surface area contributed by atoms with Gasteiger partial charge in [-0.15, -0.1) is 0 Å². The predicted molar refractivity (Wildman–Crippen MR) is 103 cm³/mol. The maximum Gasteiger partial charge on any atom is 0.274 e. The summed E-state index contributed by atoms with van der Waals surface area (Å²) in [6.45, 7) is 6.52. The number of aliphatic hydroxyl groups excluding tert-OH is 1. The van der Waals surface area contributed by atoms with E-state index in [2.05, 4.69) is 25.9 Å². The first-order valence-corrected chi connectivity index (χ1v) is 8.71. The number of hydrogen-bond acceptors (Lipinski definition) is 4. The van der Waals surface area contributed by atoms with Crippen LogP contribution >= 0.6 is 0 Å². The summed E-state index contributed by atoms with van der Waals surface area (Å²) in [6.07, 6.45) is 0.800. The number of ether oxygens (including phenoxy) is 1. The molecule has 0 saturated heterocycles. The first-order chi connectivity index (χ1) is 12.4. The Morgan fingerprint density at radius 2 is 1.81 bits per heavy atom. The minimum Gasteiger partial charge on any atom is -0.491 e. The molecule has 0 aliphatic rings. The van der Waals surface area contributed by atoms with Crippen LogP contribution in [0.2, 0.25) is 0 Å². The Kier molecular flexibility index (Phi) is 5.09. The number of aliphatic hydroxyl groups is 1. The highest BCUT2D eigenvalue weighted by molar-refractivity contribution is 5.80. The van der Waals surface area contributed by atoms with Crippen molar-refractivity contribution in [3.63, 3.8) is 0 Å². The normalized spacial score (nSPS) is 12.9. The number of rotatable bonds is 5. The van der Waals surface area contributed by atoms with Crippen molar-refractivity contribution >= 4 is 10.8 Å². The van der Waals surface area contributed by atoms with Crippen LogP contribution in [-0.2, 0) is 12.0 Å². The molecule has 3 aromatic rings. The van der Waals surface area contributed by atoms with Gasteiger partial charge >= 0.3 is 0 Å². The van der Waals surface area contributed by atoms with E-state index in [0.29, 0.717) is 5.39 Å². The van der Waals surface area contributed by atoms with E-state index in [-0.39, 0.29) is 24.1 Å². The summed E-state index contributed by atoms with van der Waals surface area (Å²) in [6, 6.07) is 15.1. The fourth-order valence-corrected chi connectivity index (χ4v) is 2.91. The quantitative estimate of drug-likeness (QED) is 0.766. The Labute approximate surface area is 152 Å². The van der Waals surface area contributed by atoms with Crippen LogP contribution in [0.5, 0.6) is 5.75 Å². The summed E-state index contributed by atoms with van der Waals surface area (Å²) in [7, 11) is 0. The molecule has 0 spiro atoms. The van der Waals surface area contributed by atoms with Gasteiger partial charge in [-0.2, -0.15) is 5.10 Å². The first kappa shape index (κ1) is 18.1. The number of benzene rings is 2. The van der Waals surface area contributed by atoms with Gasteiger partial charge in [0.2, 0.25) is 0 Å². The molecular weight excluding hydrogens is 328 g/mol. The van der Waals surface area contributed by atoms with Crippen molar-refractivity contribution in [2.24, 2.45) is 0 Å². The molecule has 1 unspecified atom stereocenters. The molecular formula is C21H24N2O3. The topological polar surface area (TPSA) is 64.3 Å². The van der Waals surface area contributed by atoms with E-state index in [4.69, 9.17) is 4.74 Å². The van der Waals surface area contributed by atoms with E-state index in [1.54, 1.807) is 12.3 Å². The lowest BCUT2D eigenvalue weighted by Crippen LogP contribution is -2.32. The van der Waals surface area contributed by atoms with Gasteiger partial charge in [0.1, 0.15) is 18.5 Å². The molecule has 5 heteroatoms. The van der Waals surface area contributed by atoms with E-state index in [1.807, 2.05) is 42.5 Å². The summed E-state index contributed by atoms with van der Waals surface area (Å²) < 4.78 is 7.12. The van der Waals surface area contributed by atoms with E-state index in [9.17, 15) is 9.90 Å². The molecule has 0 fully saturated rings. The molecule has 1 aromatic heterocycles. The van der Waals surface area contributed by atoms with Crippen LogP contribution < -0.4 is 10.3 Å². The third-order valence-electron chi connectivity index (χ3n) is 4.27. The maximum atomic E-state index is 12.5. The van der Waals surface area contributed by atoms with Crippen LogP contribution in [0, 0.1) is 0 Å². The van der Waals surface area contributed by atoms with Gasteiger partial charge in [0.15, 0.2) is 0 Å². The van der Waals surface area contributed by atoms with Crippen molar-refractivity contribution in [3.8, 4) is 5.75 Å². The number of nitrogens with zero attached hydrogens (tertiary/aromatic N) is 2. The van der Waals surface area contributed by atoms with Crippen molar-refractivity contribution in [3.05, 3.63) is 70.6 Å². The minimum absolute atomic E-state index is 0.0572. The lowest BCUT2D eigenvalue weighted by molar-refractivity contribution is 0.0872. The molecule has 5 nitrogen and oxygen atoms in total. The van der Waals surface area contributed by atoms with Gasteiger partial charge in [-0.1, -0.05) is 57.2 Å². The summed E-state index contributed by atoms with van der Waals surface area (Å²) in [5.74, 6) is 0.748. The Bertz CT molecular complexity index is 957. The monoisotopic (exact) mass is 352 g/mol. The molecule has 0 saturated carbocycles. The van der Waals surface area contributed by atoms with Gasteiger partial charge in [-0.25, -0.2) is 4.68 Å². The lowest BCUT2D eigenvalue weighted by atomic mass is 9.86. The van der Waals surface area contributed by atoms with Gasteiger partial charge in [0.25, 0.3) is 5.56 Å². The minimum atomic E-state index is -0.839. The Morgan fingerprint density at radius 3 is 2.58 bits per heavy atom. The third kappa shape index (κ3) is 3.94. The molecule has 1 N–H and O–H groups in total. The van der Waals surface area contributed by atoms with Gasteiger partial charge in [0.05, 0.1) is 18.1 Å². The molecule has 0 aliphatic carbocycles. The molecule has 2 aromatic carbocycles. The average molecular weight is 352 g/mol. The van der Waals surface area contributed by atoms with Crippen LogP contribution in [0.25, 0.3) is 10.8 Å². The van der Waals surface area contributed by atoms with Gasteiger partial charge in [0, 0.05) is 5.39 Å². The van der Waals surface area contributed by atoms with Gasteiger partial charge < -0.3 is 9.84 Å². The fraction of sp³-hybridized carbons (Fsp3) is 0.333. The number of para-hydroxylation sites is 1. The Morgan fingerprint density at radius 1 is 1.12 bits per heavy atom. The van der Waals surface area contributed by atoms with E-state index >= 15 is 0 Å². The number of fused-ring (bicyclic) bond motifs is 1. The van der Waals surface area contributed by atoms with Crippen LogP contribution in [0.4, 0.5) is 0 Å². The third-order valence-corrected chi connectivity index (χ3v) is 4.27. The second-order valence-corrected chi connectivity index (χ2v) is 7.43. The smallest absolute Gasteiger partial charge is 0.274 e. The lowest BCUT2D eigenvalue weighted by Gasteiger charge is -2.23. The Balaban J connectivity index is 1.72. The predicted octanol–water partition coefficient (Wildman–Crippen LogP) is 3.13. The van der Waals surface area contributed by atoms with E-state index < -0.39 is 6.10 Å². The maximum absolute atomic E-state index is 12.5. The van der Waals surface area contributed by atoms with Crippen molar-refractivity contribution in [2.75, 3.05) is 6.61 Å². The van der Waals surface area contributed by atoms with Crippen molar-refractivity contribution in [1.82, 2.24) is 9.78 Å². The molecule has 0 bridgehead atoms. The first-order valence-electron chi connectivity index (χ1n) is 8.71. The SMILES string of the molecule is CC(C)(C)c1ccccc1OCC(O)Cn1ncc2ccccc2c1=O. The molecule has 0 aliphatic heterocycles. The zero-order chi connectivity index (χ0) is 18.7. The second-order valence-electron chi connectivity index (χ2n) is 7.43. The van der Waals surface area contributed by atoms with Gasteiger partial charge in [-0.3, -0.25) is 4.79 Å².